The Morgan fingerprint density at radius 1 is 0.796 bits per heavy atom. The molecule has 0 aliphatic carbocycles. The van der Waals surface area contributed by atoms with Gasteiger partial charge in [-0.3, -0.25) is 0 Å². The van der Waals surface area contributed by atoms with Gasteiger partial charge in [-0.1, -0.05) is 88.7 Å². The van der Waals surface area contributed by atoms with Gasteiger partial charge in [-0.25, -0.2) is 9.59 Å². The van der Waals surface area contributed by atoms with Gasteiger partial charge in [-0.2, -0.15) is 0 Å². The second-order valence-corrected chi connectivity index (χ2v) is 27.4. The van der Waals surface area contributed by atoms with Crippen molar-refractivity contribution in [1.82, 2.24) is 5.32 Å². The summed E-state index contributed by atoms with van der Waals surface area (Å²) in [5, 5.41) is 14.9. The van der Waals surface area contributed by atoms with E-state index in [-0.39, 0.29) is 23.0 Å². The summed E-state index contributed by atoms with van der Waals surface area (Å²) in [6, 6.07) is 1.93. The van der Waals surface area contributed by atoms with Crippen LogP contribution in [0.3, 0.4) is 0 Å². The summed E-state index contributed by atoms with van der Waals surface area (Å²) in [5.74, 6) is -0.515. The first-order valence-electron chi connectivity index (χ1n) is 19.0. The second kappa shape index (κ2) is 19.0. The molecule has 0 aliphatic heterocycles. The number of alkyl carbamates (subject to hydrolysis) is 1. The quantitative estimate of drug-likeness (QED) is 0.0775. The van der Waals surface area contributed by atoms with E-state index in [0.717, 1.165) is 35.7 Å². The molecule has 0 spiro atoms. The van der Waals surface area contributed by atoms with Gasteiger partial charge in [0.2, 0.25) is 0 Å². The van der Waals surface area contributed by atoms with Crippen LogP contribution in [-0.4, -0.2) is 69.9 Å². The van der Waals surface area contributed by atoms with E-state index in [1.165, 1.54) is 0 Å². The first kappa shape index (κ1) is 47.8. The average Bonchev–Trinajstić information content (AvgIpc) is 2.96. The Balaban J connectivity index is 6.53. The standard InChI is InChI=1S/C39H79NO7Si2/c1-21-32(46-48(19,20)38(14,15)16)39(17,18)34(41)29(9)27(7)28(8)30(10)44-35(42)33(47-49(22-2,23-3)24-4)31(25-26(5)6)40-36(43)45-37(11,12)13/h26,29-34,41H,21-25H2,1-20H3,(H,40,43)/b28-27+/t29-,30-,31-,32-,33?,34-/m0/s1. The van der Waals surface area contributed by atoms with Crippen LogP contribution in [-0.2, 0) is 23.1 Å². The van der Waals surface area contributed by atoms with Crippen molar-refractivity contribution >= 4 is 28.7 Å². The fraction of sp³-hybridized carbons (Fsp3) is 0.897. The lowest BCUT2D eigenvalue weighted by Crippen LogP contribution is -2.55. The van der Waals surface area contributed by atoms with Crippen molar-refractivity contribution in [2.24, 2.45) is 17.3 Å². The number of rotatable bonds is 19. The summed E-state index contributed by atoms with van der Waals surface area (Å²) < 4.78 is 25.5. The number of hydrogen-bond acceptors (Lipinski definition) is 7. The minimum absolute atomic E-state index is 0.0600. The molecule has 8 nitrogen and oxygen atoms in total. The van der Waals surface area contributed by atoms with Crippen molar-refractivity contribution < 1.29 is 33.0 Å². The van der Waals surface area contributed by atoms with Crippen molar-refractivity contribution in [2.45, 2.75) is 210 Å². The number of ether oxygens (including phenoxy) is 2. The highest BCUT2D eigenvalue weighted by atomic mass is 28.4. The molecule has 6 atom stereocenters. The predicted molar refractivity (Wildman–Crippen MR) is 210 cm³/mol. The molecule has 0 radical (unpaired) electrons. The van der Waals surface area contributed by atoms with Crippen LogP contribution in [0.25, 0.3) is 0 Å². The minimum atomic E-state index is -2.30. The monoisotopic (exact) mass is 730 g/mol. The molecule has 0 aromatic carbocycles. The third-order valence-electron chi connectivity index (χ3n) is 11.2. The van der Waals surface area contributed by atoms with Crippen LogP contribution in [0.2, 0.25) is 36.3 Å². The van der Waals surface area contributed by atoms with E-state index < -0.39 is 64.1 Å². The summed E-state index contributed by atoms with van der Waals surface area (Å²) in [4.78, 5) is 27.2. The van der Waals surface area contributed by atoms with Gasteiger partial charge in [0.1, 0.15) is 11.7 Å². The summed E-state index contributed by atoms with van der Waals surface area (Å²) in [6.07, 6.45) is -1.59. The molecule has 0 fully saturated rings. The van der Waals surface area contributed by atoms with E-state index in [4.69, 9.17) is 18.3 Å². The molecule has 0 bridgehead atoms. The number of amides is 1. The molecule has 0 saturated heterocycles. The van der Waals surface area contributed by atoms with Crippen molar-refractivity contribution in [3.05, 3.63) is 11.1 Å². The van der Waals surface area contributed by atoms with E-state index >= 15 is 0 Å². The normalized spacial score (nSPS) is 17.8. The van der Waals surface area contributed by atoms with E-state index in [1.54, 1.807) is 0 Å². The van der Waals surface area contributed by atoms with E-state index in [2.05, 4.69) is 94.6 Å². The lowest BCUT2D eigenvalue weighted by molar-refractivity contribution is -0.157. The SMILES string of the molecule is CC[C@H](O[Si](C)(C)C(C)(C)C)C(C)(C)[C@@H](O)[C@@H](C)/C(C)=C(\C)[C@H](C)OC(=O)C(O[Si](CC)(CC)CC)[C@H](CC(C)C)NC(=O)OC(C)(C)C. The molecule has 0 aromatic rings. The van der Waals surface area contributed by atoms with Gasteiger partial charge in [-0.15, -0.1) is 0 Å². The summed E-state index contributed by atoms with van der Waals surface area (Å²) >= 11 is 0. The predicted octanol–water partition coefficient (Wildman–Crippen LogP) is 10.4. The smallest absolute Gasteiger partial charge is 0.407 e. The first-order chi connectivity index (χ1) is 22.1. The number of aliphatic hydroxyl groups is 1. The Morgan fingerprint density at radius 2 is 1.29 bits per heavy atom. The van der Waals surface area contributed by atoms with Crippen LogP contribution in [0.4, 0.5) is 4.79 Å². The Hall–Kier alpha value is -1.21. The van der Waals surface area contributed by atoms with E-state index in [0.29, 0.717) is 6.42 Å². The molecule has 2 N–H and O–H groups in total. The number of hydrogen-bond donors (Lipinski definition) is 2. The molecule has 49 heavy (non-hydrogen) atoms. The van der Waals surface area contributed by atoms with Crippen molar-refractivity contribution in [3.63, 3.8) is 0 Å². The molecular weight excluding hydrogens is 651 g/mol. The van der Waals surface area contributed by atoms with Crippen LogP contribution in [0.15, 0.2) is 11.1 Å². The molecule has 10 heteroatoms. The highest BCUT2D eigenvalue weighted by molar-refractivity contribution is 6.74. The van der Waals surface area contributed by atoms with Gasteiger partial charge in [0, 0.05) is 11.3 Å². The van der Waals surface area contributed by atoms with Gasteiger partial charge in [-0.05, 0) is 102 Å². The minimum Gasteiger partial charge on any atom is -0.456 e. The van der Waals surface area contributed by atoms with Crippen LogP contribution in [0.1, 0.15) is 137 Å². The molecule has 0 saturated carbocycles. The van der Waals surface area contributed by atoms with E-state index in [1.807, 2.05) is 48.5 Å². The van der Waals surface area contributed by atoms with Crippen molar-refractivity contribution in [3.8, 4) is 0 Å². The van der Waals surface area contributed by atoms with Gasteiger partial charge < -0.3 is 28.7 Å². The molecule has 1 unspecified atom stereocenters. The maximum Gasteiger partial charge on any atom is 0.407 e. The number of aliphatic hydroxyl groups excluding tert-OH is 1. The number of esters is 1. The molecule has 0 aliphatic rings. The van der Waals surface area contributed by atoms with Crippen LogP contribution >= 0.6 is 0 Å². The molecule has 290 valence electrons. The Labute approximate surface area is 304 Å². The summed E-state index contributed by atoms with van der Waals surface area (Å²) in [7, 11) is -4.37. The van der Waals surface area contributed by atoms with Gasteiger partial charge in [0.15, 0.2) is 22.7 Å². The fourth-order valence-corrected chi connectivity index (χ4v) is 10.5. The van der Waals surface area contributed by atoms with Crippen LogP contribution in [0, 0.1) is 17.3 Å². The zero-order valence-corrected chi connectivity index (χ0v) is 37.5. The maximum atomic E-state index is 14.2. The molecule has 0 heterocycles. The second-order valence-electron chi connectivity index (χ2n) is 17.9. The van der Waals surface area contributed by atoms with Crippen LogP contribution < -0.4 is 5.32 Å². The van der Waals surface area contributed by atoms with E-state index in [9.17, 15) is 14.7 Å². The molecule has 1 amide bonds. The lowest BCUT2D eigenvalue weighted by atomic mass is 9.72. The highest BCUT2D eigenvalue weighted by Gasteiger charge is 2.46. The van der Waals surface area contributed by atoms with Crippen LogP contribution in [0.5, 0.6) is 0 Å². The largest absolute Gasteiger partial charge is 0.456 e. The highest BCUT2D eigenvalue weighted by Crippen LogP contribution is 2.43. The zero-order valence-electron chi connectivity index (χ0n) is 35.5. The van der Waals surface area contributed by atoms with Crippen molar-refractivity contribution in [1.29, 1.82) is 0 Å². The summed E-state index contributed by atoms with van der Waals surface area (Å²) in [5.41, 5.74) is 0.662. The topological polar surface area (TPSA) is 103 Å². The molecular formula is C39H79NO7Si2. The zero-order chi connectivity index (χ0) is 38.9. The van der Waals surface area contributed by atoms with Crippen molar-refractivity contribution in [2.75, 3.05) is 0 Å². The summed E-state index contributed by atoms with van der Waals surface area (Å²) in [6.45, 7) is 41.4. The first-order valence-corrected chi connectivity index (χ1v) is 24.4. The molecule has 0 aromatic heterocycles. The third kappa shape index (κ3) is 14.0. The lowest BCUT2D eigenvalue weighted by Gasteiger charge is -2.47. The van der Waals surface area contributed by atoms with Gasteiger partial charge in [0.05, 0.1) is 18.2 Å². The third-order valence-corrected chi connectivity index (χ3v) is 20.3. The maximum absolute atomic E-state index is 14.2. The Morgan fingerprint density at radius 3 is 1.67 bits per heavy atom. The van der Waals surface area contributed by atoms with Gasteiger partial charge in [0.25, 0.3) is 0 Å². The number of carbonyl (C=O) groups excluding carboxylic acids is 2. The average molecular weight is 730 g/mol. The fourth-order valence-electron chi connectivity index (χ4n) is 6.16. The Bertz CT molecular complexity index is 1060. The molecule has 0 rings (SSSR count). The van der Waals surface area contributed by atoms with Gasteiger partial charge >= 0.3 is 12.1 Å². The Kier molecular flexibility index (Phi) is 18.6. The number of nitrogens with one attached hydrogen (secondary N) is 1. The number of carbonyl (C=O) groups is 2.